The predicted molar refractivity (Wildman–Crippen MR) is 87.3 cm³/mol. The van der Waals surface area contributed by atoms with E-state index in [-0.39, 0.29) is 31.2 Å². The molecule has 1 heterocycles. The van der Waals surface area contributed by atoms with Gasteiger partial charge in [-0.1, -0.05) is 24.3 Å². The fraction of sp³-hybridized carbons (Fsp3) is 0.278. The van der Waals surface area contributed by atoms with Gasteiger partial charge in [-0.2, -0.15) is 0 Å². The summed E-state index contributed by atoms with van der Waals surface area (Å²) in [4.78, 5) is 12.2. The average molecular weight is 330 g/mol. The van der Waals surface area contributed by atoms with Gasteiger partial charge in [0, 0.05) is 24.2 Å². The Labute approximate surface area is 139 Å². The molecule has 24 heavy (non-hydrogen) atoms. The molecule has 0 unspecified atom stereocenters. The largest absolute Gasteiger partial charge is 0.486 e. The first-order valence-electron chi connectivity index (χ1n) is 7.79. The van der Waals surface area contributed by atoms with Crippen molar-refractivity contribution in [1.82, 2.24) is 5.32 Å². The lowest BCUT2D eigenvalue weighted by atomic mass is 10.1. The van der Waals surface area contributed by atoms with E-state index in [2.05, 4.69) is 5.32 Å². The number of ether oxygens (including phenoxy) is 2. The lowest BCUT2D eigenvalue weighted by Gasteiger charge is -2.20. The van der Waals surface area contributed by atoms with Gasteiger partial charge < -0.3 is 20.5 Å². The van der Waals surface area contributed by atoms with Crippen LogP contribution in [0.2, 0.25) is 0 Å². The second-order valence-electron chi connectivity index (χ2n) is 5.52. The third kappa shape index (κ3) is 3.65. The molecule has 0 bridgehead atoms. The highest BCUT2D eigenvalue weighted by molar-refractivity contribution is 5.79. The molecular formula is C18H19FN2O3. The fourth-order valence-corrected chi connectivity index (χ4v) is 2.56. The Morgan fingerprint density at radius 2 is 2.00 bits per heavy atom. The van der Waals surface area contributed by atoms with Crippen LogP contribution < -0.4 is 20.5 Å². The minimum atomic E-state index is -0.368. The van der Waals surface area contributed by atoms with E-state index in [0.717, 1.165) is 11.1 Å². The third-order valence-electron chi connectivity index (χ3n) is 3.83. The van der Waals surface area contributed by atoms with Crippen LogP contribution in [0.5, 0.6) is 11.5 Å². The molecule has 3 N–H and O–H groups in total. The van der Waals surface area contributed by atoms with Crippen LogP contribution in [0.4, 0.5) is 4.39 Å². The van der Waals surface area contributed by atoms with Gasteiger partial charge in [0.15, 0.2) is 11.5 Å². The molecule has 0 radical (unpaired) electrons. The van der Waals surface area contributed by atoms with E-state index in [1.54, 1.807) is 12.1 Å². The molecule has 0 saturated heterocycles. The number of carbonyl (C=O) groups is 1. The zero-order chi connectivity index (χ0) is 16.9. The van der Waals surface area contributed by atoms with Gasteiger partial charge in [0.1, 0.15) is 19.0 Å². The molecule has 6 heteroatoms. The summed E-state index contributed by atoms with van der Waals surface area (Å²) in [6, 6.07) is 10.2. The van der Waals surface area contributed by atoms with Crippen molar-refractivity contribution in [2.45, 2.75) is 19.5 Å². The van der Waals surface area contributed by atoms with Crippen LogP contribution in [0.3, 0.4) is 0 Å². The number of hydrogen-bond acceptors (Lipinski definition) is 4. The maximum atomic E-state index is 13.9. The zero-order valence-electron chi connectivity index (χ0n) is 13.2. The predicted octanol–water partition coefficient (Wildman–Crippen LogP) is 1.91. The van der Waals surface area contributed by atoms with Crippen LogP contribution in [0.1, 0.15) is 16.7 Å². The molecule has 0 saturated carbocycles. The molecule has 0 atom stereocenters. The van der Waals surface area contributed by atoms with Crippen molar-refractivity contribution in [3.8, 4) is 11.5 Å². The van der Waals surface area contributed by atoms with Gasteiger partial charge >= 0.3 is 0 Å². The summed E-state index contributed by atoms with van der Waals surface area (Å²) in [5.74, 6) is 0.680. The number of para-hydroxylation sites is 1. The van der Waals surface area contributed by atoms with Crippen LogP contribution in [-0.4, -0.2) is 19.1 Å². The highest BCUT2D eigenvalue weighted by atomic mass is 19.1. The van der Waals surface area contributed by atoms with Crippen molar-refractivity contribution in [1.29, 1.82) is 0 Å². The fourth-order valence-electron chi connectivity index (χ4n) is 2.56. The highest BCUT2D eigenvalue weighted by Crippen LogP contribution is 2.33. The standard InChI is InChI=1S/C18H19FN2O3/c19-15-8-12(10-20)4-5-14(15)11-21-17(22)9-13-2-1-3-16-18(13)24-7-6-23-16/h1-5,8H,6-7,9-11,20H2,(H,21,22). The quantitative estimate of drug-likeness (QED) is 0.878. The number of nitrogens with one attached hydrogen (secondary N) is 1. The molecule has 2 aromatic rings. The Hall–Kier alpha value is -2.60. The number of hydrogen-bond donors (Lipinski definition) is 2. The second-order valence-corrected chi connectivity index (χ2v) is 5.52. The van der Waals surface area contributed by atoms with E-state index in [0.29, 0.717) is 30.3 Å². The number of amides is 1. The molecular weight excluding hydrogens is 311 g/mol. The Balaban J connectivity index is 1.62. The number of carbonyl (C=O) groups excluding carboxylic acids is 1. The van der Waals surface area contributed by atoms with Crippen molar-refractivity contribution in [2.24, 2.45) is 5.73 Å². The van der Waals surface area contributed by atoms with Crippen molar-refractivity contribution in [3.05, 3.63) is 58.9 Å². The Bertz CT molecular complexity index is 749. The Morgan fingerprint density at radius 1 is 1.17 bits per heavy atom. The van der Waals surface area contributed by atoms with Crippen LogP contribution in [0.15, 0.2) is 36.4 Å². The van der Waals surface area contributed by atoms with E-state index in [4.69, 9.17) is 15.2 Å². The van der Waals surface area contributed by atoms with E-state index >= 15 is 0 Å². The van der Waals surface area contributed by atoms with Crippen LogP contribution >= 0.6 is 0 Å². The van der Waals surface area contributed by atoms with Gasteiger partial charge in [-0.3, -0.25) is 4.79 Å². The highest BCUT2D eigenvalue weighted by Gasteiger charge is 2.17. The summed E-state index contributed by atoms with van der Waals surface area (Å²) < 4.78 is 25.0. The van der Waals surface area contributed by atoms with Gasteiger partial charge in [0.05, 0.1) is 6.42 Å². The Morgan fingerprint density at radius 3 is 2.79 bits per heavy atom. The maximum absolute atomic E-state index is 13.9. The number of benzene rings is 2. The summed E-state index contributed by atoms with van der Waals surface area (Å²) in [6.45, 7) is 1.37. The van der Waals surface area contributed by atoms with E-state index in [1.165, 1.54) is 6.07 Å². The number of rotatable bonds is 5. The van der Waals surface area contributed by atoms with Gasteiger partial charge in [-0.05, 0) is 17.7 Å². The van der Waals surface area contributed by atoms with Gasteiger partial charge in [-0.25, -0.2) is 4.39 Å². The third-order valence-corrected chi connectivity index (χ3v) is 3.83. The Kier molecular flexibility index (Phi) is 4.96. The second kappa shape index (κ2) is 7.31. The molecule has 0 fully saturated rings. The summed E-state index contributed by atoms with van der Waals surface area (Å²) in [6.07, 6.45) is 0.148. The summed E-state index contributed by atoms with van der Waals surface area (Å²) >= 11 is 0. The number of halogens is 1. The van der Waals surface area contributed by atoms with Crippen molar-refractivity contribution < 1.29 is 18.7 Å². The first kappa shape index (κ1) is 16.3. The van der Waals surface area contributed by atoms with Gasteiger partial charge in [0.2, 0.25) is 5.91 Å². The van der Waals surface area contributed by atoms with E-state index < -0.39 is 0 Å². The minimum Gasteiger partial charge on any atom is -0.486 e. The molecule has 0 aromatic heterocycles. The SMILES string of the molecule is NCc1ccc(CNC(=O)Cc2cccc3c2OCCO3)c(F)c1. The van der Waals surface area contributed by atoms with Crippen molar-refractivity contribution >= 4 is 5.91 Å². The first-order chi connectivity index (χ1) is 11.7. The zero-order valence-corrected chi connectivity index (χ0v) is 13.2. The number of nitrogens with two attached hydrogens (primary N) is 1. The topological polar surface area (TPSA) is 73.6 Å². The molecule has 5 nitrogen and oxygen atoms in total. The summed E-state index contributed by atoms with van der Waals surface area (Å²) in [5.41, 5.74) is 7.37. The molecule has 1 aliphatic rings. The molecule has 1 amide bonds. The molecule has 1 aliphatic heterocycles. The van der Waals surface area contributed by atoms with Crippen LogP contribution in [-0.2, 0) is 24.3 Å². The summed E-state index contributed by atoms with van der Waals surface area (Å²) in [7, 11) is 0. The average Bonchev–Trinajstić information content (AvgIpc) is 2.61. The normalized spacial score (nSPS) is 12.8. The number of fused-ring (bicyclic) bond motifs is 1. The molecule has 126 valence electrons. The van der Waals surface area contributed by atoms with Crippen LogP contribution in [0, 0.1) is 5.82 Å². The molecule has 2 aromatic carbocycles. The van der Waals surface area contributed by atoms with Gasteiger partial charge in [-0.15, -0.1) is 0 Å². The minimum absolute atomic E-state index is 0.127. The lowest BCUT2D eigenvalue weighted by molar-refractivity contribution is -0.120. The molecule has 0 spiro atoms. The van der Waals surface area contributed by atoms with E-state index in [9.17, 15) is 9.18 Å². The van der Waals surface area contributed by atoms with E-state index in [1.807, 2.05) is 18.2 Å². The van der Waals surface area contributed by atoms with Crippen molar-refractivity contribution in [2.75, 3.05) is 13.2 Å². The first-order valence-corrected chi connectivity index (χ1v) is 7.79. The van der Waals surface area contributed by atoms with Crippen LogP contribution in [0.25, 0.3) is 0 Å². The summed E-state index contributed by atoms with van der Waals surface area (Å²) in [5, 5.41) is 2.73. The van der Waals surface area contributed by atoms with Crippen molar-refractivity contribution in [3.63, 3.8) is 0 Å². The smallest absolute Gasteiger partial charge is 0.224 e. The lowest BCUT2D eigenvalue weighted by Crippen LogP contribution is -2.26. The molecule has 3 rings (SSSR count). The maximum Gasteiger partial charge on any atom is 0.224 e. The van der Waals surface area contributed by atoms with Gasteiger partial charge in [0.25, 0.3) is 0 Å². The molecule has 0 aliphatic carbocycles. The monoisotopic (exact) mass is 330 g/mol.